The van der Waals surface area contributed by atoms with Gasteiger partial charge in [-0.15, -0.1) is 0 Å². The Morgan fingerprint density at radius 2 is 1.65 bits per heavy atom. The highest BCUT2D eigenvalue weighted by molar-refractivity contribution is 6.23. The highest BCUT2D eigenvalue weighted by atomic mass is 19.1. The van der Waals surface area contributed by atoms with E-state index < -0.39 is 53.5 Å². The molecule has 21 heteroatoms. The topological polar surface area (TPSA) is 245 Å². The van der Waals surface area contributed by atoms with Gasteiger partial charge in [0.15, 0.2) is 18.1 Å². The number of esters is 1. The lowest BCUT2D eigenvalue weighted by atomic mass is 10.0. The molecule has 0 aliphatic carbocycles. The van der Waals surface area contributed by atoms with Crippen LogP contribution in [-0.2, 0) is 23.9 Å². The van der Waals surface area contributed by atoms with Crippen molar-refractivity contribution in [3.8, 4) is 17.0 Å². The van der Waals surface area contributed by atoms with Crippen molar-refractivity contribution >= 4 is 52.9 Å². The molecule has 4 fully saturated rings. The quantitative estimate of drug-likeness (QED) is 0.101. The molecule has 5 aliphatic heterocycles. The molecule has 5 aromatic rings. The van der Waals surface area contributed by atoms with Gasteiger partial charge in [0.05, 0.1) is 35.3 Å². The van der Waals surface area contributed by atoms with Gasteiger partial charge in [-0.05, 0) is 87.7 Å². The van der Waals surface area contributed by atoms with E-state index in [1.54, 1.807) is 36.5 Å². The van der Waals surface area contributed by atoms with Gasteiger partial charge in [-0.1, -0.05) is 30.3 Å². The van der Waals surface area contributed by atoms with Crippen molar-refractivity contribution in [3.63, 3.8) is 0 Å². The number of carbonyl (C=O) groups excluding carboxylic acids is 7. The molecule has 20 nitrogen and oxygen atoms in total. The number of hydrogen-bond acceptors (Lipinski definition) is 15. The Morgan fingerprint density at radius 3 is 2.39 bits per heavy atom. The zero-order valence-electron chi connectivity index (χ0n) is 38.4. The zero-order chi connectivity index (χ0) is 49.3. The van der Waals surface area contributed by atoms with Crippen LogP contribution in [0, 0.1) is 5.82 Å². The average Bonchev–Trinajstić information content (AvgIpc) is 4.18. The highest BCUT2D eigenvalue weighted by Gasteiger charge is 2.46. The lowest BCUT2D eigenvalue weighted by Gasteiger charge is -2.35. The number of likely N-dealkylation sites (tertiary alicyclic amines) is 3. The minimum Gasteiger partial charge on any atom is -0.484 e. The van der Waals surface area contributed by atoms with E-state index in [0.29, 0.717) is 29.1 Å². The van der Waals surface area contributed by atoms with Gasteiger partial charge < -0.3 is 30.3 Å². The number of piperazine rings is 1. The van der Waals surface area contributed by atoms with Gasteiger partial charge in [0.25, 0.3) is 23.6 Å². The molecule has 6 amide bonds. The summed E-state index contributed by atoms with van der Waals surface area (Å²) >= 11 is 0. The van der Waals surface area contributed by atoms with Gasteiger partial charge in [0, 0.05) is 67.7 Å². The van der Waals surface area contributed by atoms with Crippen molar-refractivity contribution in [2.75, 3.05) is 56.9 Å². The first kappa shape index (κ1) is 46.8. The lowest BCUT2D eigenvalue weighted by Crippen LogP contribution is -2.54. The third kappa shape index (κ3) is 9.82. The van der Waals surface area contributed by atoms with Crippen LogP contribution in [0.4, 0.5) is 15.9 Å². The highest BCUT2D eigenvalue weighted by Crippen LogP contribution is 2.34. The molecular weight excluding hydrogens is 918 g/mol. The maximum atomic E-state index is 13.6. The Bertz CT molecular complexity index is 2910. The number of nitrogens with one attached hydrogen (secondary N) is 2. The number of ether oxygens (including phenoxy) is 2. The molecule has 3 unspecified atom stereocenters. The molecule has 0 radical (unpaired) electrons. The van der Waals surface area contributed by atoms with Crippen molar-refractivity contribution in [1.29, 1.82) is 0 Å². The summed E-state index contributed by atoms with van der Waals surface area (Å²) in [6.07, 6.45) is 7.38. The van der Waals surface area contributed by atoms with E-state index in [9.17, 15) is 38.0 Å². The number of rotatable bonds is 15. The summed E-state index contributed by atoms with van der Waals surface area (Å²) in [7, 11) is 0. The molecule has 2 aromatic heterocycles. The maximum Gasteiger partial charge on any atom is 0.361 e. The van der Waals surface area contributed by atoms with Crippen LogP contribution in [0.3, 0.4) is 0 Å². The standard InChI is InChI=1S/C50H50FN11O9/c51-31-7-9-32(10-8-31)55-47(66)44(29-5-2-1-3-6-29)71-50(69)43-45(52)53-24-39(56-43)30-23-54-61(25-30)33-15-19-58(20-16-33)17-4-18-59-26-35-21-34(59)27-60(35)42(64)28-70-36-11-12-37-38(22-36)49(68)62(48(37)67)40-13-14-41(63)57-46(40)65/h1-3,5-12,22-25,33-35,40,44H,4,13-21,26-28H2,(H2,52,53)(H,55,66)(H,57,63,65)/t34?,35?,40?,44-/m1/s1. The van der Waals surface area contributed by atoms with Crippen LogP contribution in [0.15, 0.2) is 91.4 Å². The summed E-state index contributed by atoms with van der Waals surface area (Å²) < 4.78 is 27.0. The summed E-state index contributed by atoms with van der Waals surface area (Å²) in [6, 6.07) is 17.5. The van der Waals surface area contributed by atoms with Crippen molar-refractivity contribution in [1.82, 2.24) is 44.7 Å². The third-order valence-corrected chi connectivity index (χ3v) is 13.9. The molecule has 366 valence electrons. The van der Waals surface area contributed by atoms with E-state index in [-0.39, 0.29) is 71.9 Å². The van der Waals surface area contributed by atoms with Crippen molar-refractivity contribution in [2.24, 2.45) is 0 Å². The smallest absolute Gasteiger partial charge is 0.361 e. The first-order chi connectivity index (χ1) is 34.4. The number of piperidine rings is 2. The van der Waals surface area contributed by atoms with Gasteiger partial charge in [-0.2, -0.15) is 5.10 Å². The molecule has 2 bridgehead atoms. The van der Waals surface area contributed by atoms with Crippen molar-refractivity contribution < 1.29 is 47.4 Å². The Balaban J connectivity index is 0.664. The summed E-state index contributed by atoms with van der Waals surface area (Å²) in [5.41, 5.74) is 7.81. The molecule has 5 aliphatic rings. The fourth-order valence-corrected chi connectivity index (χ4v) is 10.2. The summed E-state index contributed by atoms with van der Waals surface area (Å²) in [5, 5.41) is 9.48. The van der Waals surface area contributed by atoms with Gasteiger partial charge in [0.1, 0.15) is 17.6 Å². The second-order valence-corrected chi connectivity index (χ2v) is 18.3. The Kier molecular flexibility index (Phi) is 13.1. The molecule has 0 saturated carbocycles. The molecular formula is C50H50FN11O9. The molecule has 3 aromatic carbocycles. The van der Waals surface area contributed by atoms with Gasteiger partial charge in [-0.25, -0.2) is 19.2 Å². The van der Waals surface area contributed by atoms with Crippen LogP contribution < -0.4 is 21.1 Å². The maximum absolute atomic E-state index is 13.6. The van der Waals surface area contributed by atoms with Gasteiger partial charge >= 0.3 is 5.97 Å². The number of carbonyl (C=O) groups is 7. The summed E-state index contributed by atoms with van der Waals surface area (Å²) in [5.74, 6) is -4.49. The number of halogens is 1. The molecule has 0 spiro atoms. The number of nitrogen functional groups attached to an aromatic ring is 1. The number of nitrogens with two attached hydrogens (primary N) is 1. The minimum atomic E-state index is -1.37. The predicted octanol–water partition coefficient (Wildman–Crippen LogP) is 3.39. The molecule has 4 atom stereocenters. The second-order valence-electron chi connectivity index (χ2n) is 18.3. The average molecular weight is 968 g/mol. The van der Waals surface area contributed by atoms with E-state index in [4.69, 9.17) is 15.2 Å². The van der Waals surface area contributed by atoms with Crippen molar-refractivity contribution in [3.05, 3.63) is 120 Å². The number of anilines is 2. The molecule has 71 heavy (non-hydrogen) atoms. The third-order valence-electron chi connectivity index (χ3n) is 13.9. The molecule has 10 rings (SSSR count). The summed E-state index contributed by atoms with van der Waals surface area (Å²) in [4.78, 5) is 107. The zero-order valence-corrected chi connectivity index (χ0v) is 38.4. The van der Waals surface area contributed by atoms with Crippen LogP contribution >= 0.6 is 0 Å². The predicted molar refractivity (Wildman–Crippen MR) is 251 cm³/mol. The van der Waals surface area contributed by atoms with Crippen LogP contribution in [0.5, 0.6) is 5.75 Å². The van der Waals surface area contributed by atoms with Crippen LogP contribution in [0.2, 0.25) is 0 Å². The molecule has 4 N–H and O–H groups in total. The van der Waals surface area contributed by atoms with E-state index in [1.165, 1.54) is 48.7 Å². The normalized spacial score (nSPS) is 20.8. The first-order valence-corrected chi connectivity index (χ1v) is 23.6. The second kappa shape index (κ2) is 19.8. The number of benzene rings is 3. The largest absolute Gasteiger partial charge is 0.484 e. The number of imide groups is 2. The van der Waals surface area contributed by atoms with E-state index in [2.05, 4.69) is 35.5 Å². The van der Waals surface area contributed by atoms with Crippen molar-refractivity contribution in [2.45, 2.75) is 68.8 Å². The van der Waals surface area contributed by atoms with E-state index in [0.717, 1.165) is 63.3 Å². The van der Waals surface area contributed by atoms with Crippen LogP contribution in [-0.4, -0.2) is 145 Å². The SMILES string of the molecule is Nc1ncc(-c2cnn(C3CCN(CCCN4CC5CC4CN5C(=O)COc4ccc5c(c4)C(=O)N(C4CCC(=O)NC4=O)C5=O)CC3)c2)nc1C(=O)O[C@@H](C(=O)Nc1ccc(F)cc1)c1ccccc1. The van der Waals surface area contributed by atoms with Gasteiger partial charge in [-0.3, -0.25) is 48.6 Å². The van der Waals surface area contributed by atoms with E-state index in [1.807, 2.05) is 15.8 Å². The number of fused-ring (bicyclic) bond motifs is 3. The lowest BCUT2D eigenvalue weighted by molar-refractivity contribution is -0.137. The fourth-order valence-electron chi connectivity index (χ4n) is 10.2. The fraction of sp³-hybridized carbons (Fsp3) is 0.360. The minimum absolute atomic E-state index is 0.0281. The number of amides is 6. The Labute approximate surface area is 406 Å². The molecule has 7 heterocycles. The van der Waals surface area contributed by atoms with Gasteiger partial charge in [0.2, 0.25) is 17.9 Å². The summed E-state index contributed by atoms with van der Waals surface area (Å²) in [6.45, 7) is 4.85. The Hall–Kier alpha value is -7.91. The molecule has 4 saturated heterocycles. The number of hydrogen-bond donors (Lipinski definition) is 3. The van der Waals surface area contributed by atoms with Crippen LogP contribution in [0.1, 0.15) is 87.4 Å². The number of nitrogens with zero attached hydrogens (tertiary/aromatic N) is 8. The Morgan fingerprint density at radius 1 is 0.873 bits per heavy atom. The monoisotopic (exact) mass is 967 g/mol. The van der Waals surface area contributed by atoms with E-state index >= 15 is 0 Å². The first-order valence-electron chi connectivity index (χ1n) is 23.6. The number of aromatic nitrogens is 4. The van der Waals surface area contributed by atoms with Crippen LogP contribution in [0.25, 0.3) is 11.3 Å².